The minimum atomic E-state index is -1.61. The summed E-state index contributed by atoms with van der Waals surface area (Å²) < 4.78 is 40.4. The predicted octanol–water partition coefficient (Wildman–Crippen LogP) is 3.89. The minimum Gasteiger partial charge on any atom is -0.355 e. The second-order valence-electron chi connectivity index (χ2n) is 9.09. The number of halogens is 3. The summed E-state index contributed by atoms with van der Waals surface area (Å²) >= 11 is 1.22. The molecule has 1 aliphatic rings. The van der Waals surface area contributed by atoms with Gasteiger partial charge in [0.25, 0.3) is 0 Å². The van der Waals surface area contributed by atoms with E-state index in [0.29, 0.717) is 30.4 Å². The zero-order valence-electron chi connectivity index (χ0n) is 21.0. The minimum absolute atomic E-state index is 0.126. The van der Waals surface area contributed by atoms with E-state index in [1.54, 1.807) is 30.5 Å². The highest BCUT2D eigenvalue weighted by molar-refractivity contribution is 7.15. The molecule has 206 valence electrons. The van der Waals surface area contributed by atoms with Gasteiger partial charge in [-0.2, -0.15) is 0 Å². The van der Waals surface area contributed by atoms with Crippen molar-refractivity contribution in [3.8, 4) is 0 Å². The molecule has 40 heavy (non-hydrogen) atoms. The number of nitrogens with zero attached hydrogens (tertiary/aromatic N) is 6. The SMILES string of the molecule is O=C(Cc1ccccn1)Nc1ccc(N2CCC(c3nnc(NC(=O)Cc4ccc(F)c(F)c4F)s3)CC2)nn1. The third kappa shape index (κ3) is 6.57. The molecule has 1 aromatic carbocycles. The van der Waals surface area contributed by atoms with Crippen molar-refractivity contribution in [3.63, 3.8) is 0 Å². The Morgan fingerprint density at radius 1 is 0.875 bits per heavy atom. The molecule has 0 saturated carbocycles. The van der Waals surface area contributed by atoms with Gasteiger partial charge in [0, 0.05) is 36.5 Å². The largest absolute Gasteiger partial charge is 0.355 e. The number of carbonyl (C=O) groups is 2. The van der Waals surface area contributed by atoms with E-state index >= 15 is 0 Å². The molecule has 0 spiro atoms. The maximum absolute atomic E-state index is 13.9. The average molecular weight is 569 g/mol. The summed E-state index contributed by atoms with van der Waals surface area (Å²) in [5.41, 5.74) is 0.408. The van der Waals surface area contributed by atoms with Gasteiger partial charge >= 0.3 is 0 Å². The Morgan fingerprint density at radius 2 is 1.68 bits per heavy atom. The summed E-state index contributed by atoms with van der Waals surface area (Å²) in [4.78, 5) is 30.7. The van der Waals surface area contributed by atoms with Gasteiger partial charge in [-0.25, -0.2) is 13.2 Å². The first-order valence-electron chi connectivity index (χ1n) is 12.4. The average Bonchev–Trinajstić information content (AvgIpc) is 3.42. The molecule has 0 unspecified atom stereocenters. The molecule has 4 aromatic rings. The molecule has 3 aromatic heterocycles. The number of hydrogen-bond acceptors (Lipinski definition) is 9. The van der Waals surface area contributed by atoms with Crippen molar-refractivity contribution < 1.29 is 22.8 Å². The van der Waals surface area contributed by atoms with E-state index in [2.05, 4.69) is 40.9 Å². The van der Waals surface area contributed by atoms with Crippen molar-refractivity contribution in [2.75, 3.05) is 28.6 Å². The number of pyridine rings is 1. The Hall–Kier alpha value is -4.46. The molecule has 2 amide bonds. The summed E-state index contributed by atoms with van der Waals surface area (Å²) in [6.07, 6.45) is 2.85. The van der Waals surface area contributed by atoms with Crippen LogP contribution in [0.5, 0.6) is 0 Å². The van der Waals surface area contributed by atoms with Gasteiger partial charge < -0.3 is 15.5 Å². The molecule has 0 radical (unpaired) electrons. The van der Waals surface area contributed by atoms with Crippen LogP contribution >= 0.6 is 11.3 Å². The monoisotopic (exact) mass is 568 g/mol. The van der Waals surface area contributed by atoms with E-state index in [-0.39, 0.29) is 28.9 Å². The van der Waals surface area contributed by atoms with E-state index in [4.69, 9.17) is 0 Å². The fourth-order valence-corrected chi connectivity index (χ4v) is 5.19. The first kappa shape index (κ1) is 27.1. The maximum atomic E-state index is 13.9. The van der Waals surface area contributed by atoms with Gasteiger partial charge in [-0.15, -0.1) is 20.4 Å². The topological polar surface area (TPSA) is 126 Å². The fraction of sp³-hybridized carbons (Fsp3) is 0.269. The summed E-state index contributed by atoms with van der Waals surface area (Å²) in [7, 11) is 0. The number of rotatable bonds is 8. The summed E-state index contributed by atoms with van der Waals surface area (Å²) in [6, 6.07) is 10.7. The third-order valence-corrected chi connectivity index (χ3v) is 7.31. The van der Waals surface area contributed by atoms with Gasteiger partial charge in [0.1, 0.15) is 5.01 Å². The highest BCUT2D eigenvalue weighted by Crippen LogP contribution is 2.33. The number of hydrogen-bond donors (Lipinski definition) is 2. The van der Waals surface area contributed by atoms with E-state index in [0.717, 1.165) is 30.0 Å². The highest BCUT2D eigenvalue weighted by atomic mass is 32.1. The van der Waals surface area contributed by atoms with Crippen LogP contribution in [0.2, 0.25) is 0 Å². The highest BCUT2D eigenvalue weighted by Gasteiger charge is 2.25. The van der Waals surface area contributed by atoms with Crippen LogP contribution in [-0.2, 0) is 22.4 Å². The van der Waals surface area contributed by atoms with Gasteiger partial charge in [0.2, 0.25) is 16.9 Å². The molecule has 1 fully saturated rings. The summed E-state index contributed by atoms with van der Waals surface area (Å²) in [5, 5.41) is 22.8. The van der Waals surface area contributed by atoms with Crippen molar-refractivity contribution in [1.29, 1.82) is 0 Å². The van der Waals surface area contributed by atoms with Crippen molar-refractivity contribution in [2.24, 2.45) is 0 Å². The van der Waals surface area contributed by atoms with Crippen LogP contribution in [0.4, 0.5) is 29.9 Å². The standard InChI is InChI=1S/C26H23F3N8O2S/c27-18-5-4-16(23(28)24(18)29)13-21(38)32-26-36-35-25(40-26)15-8-11-37(12-9-15)20-7-6-19(33-34-20)31-22(39)14-17-3-1-2-10-30-17/h1-7,10,15H,8-9,11-14H2,(H,31,33,39)(H,32,36,38). The van der Waals surface area contributed by atoms with Gasteiger partial charge in [-0.05, 0) is 43.2 Å². The van der Waals surface area contributed by atoms with Gasteiger partial charge in [-0.1, -0.05) is 23.5 Å². The smallest absolute Gasteiger partial charge is 0.231 e. The van der Waals surface area contributed by atoms with Gasteiger partial charge in [-0.3, -0.25) is 14.6 Å². The molecule has 0 bridgehead atoms. The first-order valence-corrected chi connectivity index (χ1v) is 13.2. The van der Waals surface area contributed by atoms with E-state index in [1.165, 1.54) is 11.3 Å². The van der Waals surface area contributed by atoms with Crippen molar-refractivity contribution >= 4 is 39.9 Å². The second kappa shape index (κ2) is 12.2. The van der Waals surface area contributed by atoms with Crippen LogP contribution in [0, 0.1) is 17.5 Å². The Bertz CT molecular complexity index is 1500. The molecule has 1 saturated heterocycles. The number of anilines is 3. The zero-order valence-corrected chi connectivity index (χ0v) is 21.8. The van der Waals surface area contributed by atoms with E-state index in [9.17, 15) is 22.8 Å². The van der Waals surface area contributed by atoms with Crippen LogP contribution in [-0.4, -0.2) is 50.3 Å². The molecule has 0 atom stereocenters. The van der Waals surface area contributed by atoms with Crippen molar-refractivity contribution in [1.82, 2.24) is 25.4 Å². The normalized spacial score (nSPS) is 13.7. The van der Waals surface area contributed by atoms with E-state index < -0.39 is 29.8 Å². The lowest BCUT2D eigenvalue weighted by Crippen LogP contribution is -2.33. The lowest BCUT2D eigenvalue weighted by Gasteiger charge is -2.31. The molecule has 0 aliphatic carbocycles. The maximum Gasteiger partial charge on any atom is 0.231 e. The lowest BCUT2D eigenvalue weighted by molar-refractivity contribution is -0.116. The fourth-order valence-electron chi connectivity index (χ4n) is 4.26. The summed E-state index contributed by atoms with van der Waals surface area (Å²) in [5.74, 6) is -3.98. The number of amides is 2. The van der Waals surface area contributed by atoms with Crippen LogP contribution in [0.15, 0.2) is 48.7 Å². The molecular formula is C26H23F3N8O2S. The molecular weight excluding hydrogens is 545 g/mol. The first-order chi connectivity index (χ1) is 19.4. The van der Waals surface area contributed by atoms with Crippen molar-refractivity contribution in [3.05, 3.63) is 82.4 Å². The van der Waals surface area contributed by atoms with E-state index in [1.807, 2.05) is 6.07 Å². The van der Waals surface area contributed by atoms with Crippen LogP contribution in [0.25, 0.3) is 0 Å². The van der Waals surface area contributed by atoms with Crippen LogP contribution < -0.4 is 15.5 Å². The number of nitrogens with one attached hydrogen (secondary N) is 2. The van der Waals surface area contributed by atoms with Crippen LogP contribution in [0.1, 0.15) is 35.0 Å². The summed E-state index contributed by atoms with van der Waals surface area (Å²) in [6.45, 7) is 1.39. The third-order valence-electron chi connectivity index (χ3n) is 6.31. The Labute approximate surface area is 230 Å². The Morgan fingerprint density at radius 3 is 2.40 bits per heavy atom. The molecule has 1 aliphatic heterocycles. The molecule has 5 rings (SSSR count). The molecule has 2 N–H and O–H groups in total. The molecule has 10 nitrogen and oxygen atoms in total. The number of benzene rings is 1. The number of piperidine rings is 1. The molecule has 4 heterocycles. The Balaban J connectivity index is 1.10. The van der Waals surface area contributed by atoms with Gasteiger partial charge in [0.05, 0.1) is 12.8 Å². The number of aromatic nitrogens is 5. The van der Waals surface area contributed by atoms with Crippen molar-refractivity contribution in [2.45, 2.75) is 31.6 Å². The molecule has 14 heteroatoms. The van der Waals surface area contributed by atoms with Crippen LogP contribution in [0.3, 0.4) is 0 Å². The Kier molecular flexibility index (Phi) is 8.24. The second-order valence-corrected chi connectivity index (χ2v) is 10.1. The zero-order chi connectivity index (χ0) is 28.1. The number of carbonyl (C=O) groups excluding carboxylic acids is 2. The van der Waals surface area contributed by atoms with Gasteiger partial charge in [0.15, 0.2) is 29.1 Å². The lowest BCUT2D eigenvalue weighted by atomic mass is 9.98. The predicted molar refractivity (Wildman–Crippen MR) is 141 cm³/mol. The quantitative estimate of drug-likeness (QED) is 0.307.